The van der Waals surface area contributed by atoms with Gasteiger partial charge in [-0.05, 0) is 12.1 Å². The van der Waals surface area contributed by atoms with E-state index in [1.54, 1.807) is 0 Å². The molecule has 1 aliphatic heterocycles. The SMILES string of the molecule is C#CC1CC(=O)N(c2cccc(F)c2C(=O)OC)C1. The Morgan fingerprint density at radius 3 is 2.89 bits per heavy atom. The summed E-state index contributed by atoms with van der Waals surface area (Å²) < 4.78 is 18.3. The van der Waals surface area contributed by atoms with Gasteiger partial charge in [-0.15, -0.1) is 12.3 Å². The van der Waals surface area contributed by atoms with E-state index in [2.05, 4.69) is 10.7 Å². The smallest absolute Gasteiger partial charge is 0.343 e. The average molecular weight is 261 g/mol. The van der Waals surface area contributed by atoms with Crippen LogP contribution in [-0.2, 0) is 9.53 Å². The van der Waals surface area contributed by atoms with Gasteiger partial charge in [0, 0.05) is 18.9 Å². The molecule has 1 aromatic rings. The minimum absolute atomic E-state index is 0.202. The molecular formula is C14H12FNO3. The molecule has 2 rings (SSSR count). The molecular weight excluding hydrogens is 249 g/mol. The van der Waals surface area contributed by atoms with Crippen LogP contribution in [0.4, 0.5) is 10.1 Å². The molecule has 0 aromatic heterocycles. The van der Waals surface area contributed by atoms with Gasteiger partial charge in [0.25, 0.3) is 0 Å². The maximum absolute atomic E-state index is 13.8. The van der Waals surface area contributed by atoms with Crippen molar-refractivity contribution in [2.45, 2.75) is 6.42 Å². The summed E-state index contributed by atoms with van der Waals surface area (Å²) in [5, 5.41) is 0. The number of hydrogen-bond donors (Lipinski definition) is 0. The summed E-state index contributed by atoms with van der Waals surface area (Å²) in [6.07, 6.45) is 5.50. The topological polar surface area (TPSA) is 46.6 Å². The van der Waals surface area contributed by atoms with Crippen molar-refractivity contribution in [1.29, 1.82) is 0 Å². The fourth-order valence-electron chi connectivity index (χ4n) is 2.09. The molecule has 0 saturated carbocycles. The second-order valence-electron chi connectivity index (χ2n) is 4.20. The molecule has 1 amide bonds. The highest BCUT2D eigenvalue weighted by atomic mass is 19.1. The lowest BCUT2D eigenvalue weighted by Crippen LogP contribution is -2.27. The van der Waals surface area contributed by atoms with Gasteiger partial charge in [0.05, 0.1) is 12.8 Å². The van der Waals surface area contributed by atoms with Crippen molar-refractivity contribution < 1.29 is 18.7 Å². The summed E-state index contributed by atoms with van der Waals surface area (Å²) in [6.45, 7) is 0.281. The number of esters is 1. The van der Waals surface area contributed by atoms with E-state index in [1.165, 1.54) is 17.0 Å². The minimum atomic E-state index is -0.815. The third-order valence-corrected chi connectivity index (χ3v) is 3.03. The molecule has 0 N–H and O–H groups in total. The lowest BCUT2D eigenvalue weighted by Gasteiger charge is -2.19. The highest BCUT2D eigenvalue weighted by Gasteiger charge is 2.33. The Morgan fingerprint density at radius 1 is 1.58 bits per heavy atom. The molecule has 1 aromatic carbocycles. The van der Waals surface area contributed by atoms with E-state index in [1.807, 2.05) is 0 Å². The second kappa shape index (κ2) is 5.11. The van der Waals surface area contributed by atoms with Crippen LogP contribution in [-0.4, -0.2) is 25.5 Å². The summed E-state index contributed by atoms with van der Waals surface area (Å²) in [5.74, 6) is 0.519. The normalized spacial score (nSPS) is 18.3. The number of hydrogen-bond acceptors (Lipinski definition) is 3. The monoisotopic (exact) mass is 261 g/mol. The van der Waals surface area contributed by atoms with Crippen LogP contribution in [0.2, 0.25) is 0 Å². The number of ether oxygens (including phenoxy) is 1. The van der Waals surface area contributed by atoms with Gasteiger partial charge in [0.2, 0.25) is 5.91 Å². The first kappa shape index (κ1) is 13.1. The highest BCUT2D eigenvalue weighted by molar-refractivity contribution is 6.04. The van der Waals surface area contributed by atoms with Crippen molar-refractivity contribution in [2.75, 3.05) is 18.6 Å². The van der Waals surface area contributed by atoms with Crippen molar-refractivity contribution in [2.24, 2.45) is 5.92 Å². The number of terminal acetylenes is 1. The van der Waals surface area contributed by atoms with Gasteiger partial charge in [-0.2, -0.15) is 0 Å². The average Bonchev–Trinajstić information content (AvgIpc) is 2.79. The van der Waals surface area contributed by atoms with Gasteiger partial charge in [-0.1, -0.05) is 6.07 Å². The Morgan fingerprint density at radius 2 is 2.32 bits per heavy atom. The van der Waals surface area contributed by atoms with Crippen LogP contribution in [0.15, 0.2) is 18.2 Å². The predicted molar refractivity (Wildman–Crippen MR) is 67.0 cm³/mol. The Hall–Kier alpha value is -2.35. The van der Waals surface area contributed by atoms with Gasteiger partial charge in [-0.25, -0.2) is 9.18 Å². The number of carbonyl (C=O) groups is 2. The summed E-state index contributed by atoms with van der Waals surface area (Å²) >= 11 is 0. The number of benzene rings is 1. The Balaban J connectivity index is 2.46. The first-order valence-electron chi connectivity index (χ1n) is 5.71. The van der Waals surface area contributed by atoms with Crippen LogP contribution in [0.1, 0.15) is 16.8 Å². The zero-order chi connectivity index (χ0) is 14.0. The van der Waals surface area contributed by atoms with Crippen LogP contribution >= 0.6 is 0 Å². The highest BCUT2D eigenvalue weighted by Crippen LogP contribution is 2.29. The fourth-order valence-corrected chi connectivity index (χ4v) is 2.09. The predicted octanol–water partition coefficient (Wildman–Crippen LogP) is 1.60. The molecule has 19 heavy (non-hydrogen) atoms. The van der Waals surface area contributed by atoms with Gasteiger partial charge in [0.1, 0.15) is 11.4 Å². The Bertz CT molecular complexity index is 577. The van der Waals surface area contributed by atoms with Gasteiger partial charge in [0.15, 0.2) is 0 Å². The zero-order valence-corrected chi connectivity index (χ0v) is 10.4. The molecule has 1 unspecified atom stereocenters. The van der Waals surface area contributed by atoms with Crippen LogP contribution in [0.25, 0.3) is 0 Å². The van der Waals surface area contributed by atoms with E-state index in [4.69, 9.17) is 6.42 Å². The van der Waals surface area contributed by atoms with E-state index < -0.39 is 11.8 Å². The van der Waals surface area contributed by atoms with Crippen molar-refractivity contribution in [3.8, 4) is 12.3 Å². The van der Waals surface area contributed by atoms with E-state index in [0.717, 1.165) is 13.2 Å². The van der Waals surface area contributed by atoms with E-state index >= 15 is 0 Å². The molecule has 0 radical (unpaired) electrons. The summed E-state index contributed by atoms with van der Waals surface area (Å²) in [4.78, 5) is 24.8. The molecule has 1 aliphatic rings. The minimum Gasteiger partial charge on any atom is -0.465 e. The maximum Gasteiger partial charge on any atom is 0.343 e. The van der Waals surface area contributed by atoms with Crippen LogP contribution in [0.3, 0.4) is 0 Å². The zero-order valence-electron chi connectivity index (χ0n) is 10.4. The first-order valence-corrected chi connectivity index (χ1v) is 5.71. The molecule has 4 nitrogen and oxygen atoms in total. The number of rotatable bonds is 2. The molecule has 0 bridgehead atoms. The number of amides is 1. The third-order valence-electron chi connectivity index (χ3n) is 3.03. The van der Waals surface area contributed by atoms with E-state index in [9.17, 15) is 14.0 Å². The van der Waals surface area contributed by atoms with Crippen molar-refractivity contribution >= 4 is 17.6 Å². The standard InChI is InChI=1S/C14H12FNO3/c1-3-9-7-12(17)16(8-9)11-6-4-5-10(15)13(11)14(18)19-2/h1,4-6,9H,7-8H2,2H3. The molecule has 5 heteroatoms. The third kappa shape index (κ3) is 2.29. The van der Waals surface area contributed by atoms with E-state index in [-0.39, 0.29) is 36.0 Å². The number of carbonyl (C=O) groups excluding carboxylic acids is 2. The summed E-state index contributed by atoms with van der Waals surface area (Å²) in [6, 6.07) is 4.09. The number of methoxy groups -OCH3 is 1. The largest absolute Gasteiger partial charge is 0.465 e. The lowest BCUT2D eigenvalue weighted by molar-refractivity contribution is -0.117. The maximum atomic E-state index is 13.8. The van der Waals surface area contributed by atoms with Gasteiger partial charge < -0.3 is 9.64 Å². The van der Waals surface area contributed by atoms with Crippen LogP contribution in [0, 0.1) is 24.1 Å². The number of nitrogens with zero attached hydrogens (tertiary/aromatic N) is 1. The Kier molecular flexibility index (Phi) is 3.52. The molecule has 0 aliphatic carbocycles. The number of anilines is 1. The van der Waals surface area contributed by atoms with E-state index in [0.29, 0.717) is 0 Å². The van der Waals surface area contributed by atoms with Crippen molar-refractivity contribution in [3.05, 3.63) is 29.6 Å². The molecule has 0 spiro atoms. The van der Waals surface area contributed by atoms with Crippen LogP contribution in [0.5, 0.6) is 0 Å². The van der Waals surface area contributed by atoms with Gasteiger partial charge in [-0.3, -0.25) is 4.79 Å². The molecule has 1 atom stereocenters. The van der Waals surface area contributed by atoms with Crippen LogP contribution < -0.4 is 4.90 Å². The first-order chi connectivity index (χ1) is 9.08. The molecule has 98 valence electrons. The number of halogens is 1. The fraction of sp³-hybridized carbons (Fsp3) is 0.286. The van der Waals surface area contributed by atoms with Crippen molar-refractivity contribution in [1.82, 2.24) is 0 Å². The lowest BCUT2D eigenvalue weighted by atomic mass is 10.1. The molecule has 1 heterocycles. The second-order valence-corrected chi connectivity index (χ2v) is 4.20. The van der Waals surface area contributed by atoms with Crippen molar-refractivity contribution in [3.63, 3.8) is 0 Å². The molecule has 1 saturated heterocycles. The summed E-state index contributed by atoms with van der Waals surface area (Å²) in [7, 11) is 1.16. The molecule has 1 fully saturated rings. The quantitative estimate of drug-likeness (QED) is 0.600. The Labute approximate surface area is 110 Å². The summed E-state index contributed by atoms with van der Waals surface area (Å²) in [5.41, 5.74) is -0.0365. The van der Waals surface area contributed by atoms with Gasteiger partial charge >= 0.3 is 5.97 Å².